The quantitative estimate of drug-likeness (QED) is 0.612. The van der Waals surface area contributed by atoms with Crippen LogP contribution in [0.1, 0.15) is 30.5 Å². The molecule has 0 aromatic carbocycles. The maximum Gasteiger partial charge on any atom is 0.188 e. The summed E-state index contributed by atoms with van der Waals surface area (Å²) in [7, 11) is 0. The SMILES string of the molecule is CCc1ccc(CN=C(N)NCC(C)C)s1. The maximum absolute atomic E-state index is 5.75. The molecule has 0 aliphatic rings. The molecule has 0 aliphatic heterocycles. The lowest BCUT2D eigenvalue weighted by molar-refractivity contribution is 0.622. The highest BCUT2D eigenvalue weighted by atomic mass is 32.1. The minimum atomic E-state index is 0.542. The number of aryl methyl sites for hydroxylation is 1. The van der Waals surface area contributed by atoms with Crippen LogP contribution in [0.4, 0.5) is 0 Å². The summed E-state index contributed by atoms with van der Waals surface area (Å²) in [5.41, 5.74) is 5.75. The minimum absolute atomic E-state index is 0.542. The number of thiophene rings is 1. The molecule has 0 atom stereocenters. The third-order valence-electron chi connectivity index (χ3n) is 2.16. The van der Waals surface area contributed by atoms with Gasteiger partial charge in [-0.15, -0.1) is 11.3 Å². The number of hydrogen-bond donors (Lipinski definition) is 2. The van der Waals surface area contributed by atoms with Gasteiger partial charge in [-0.1, -0.05) is 20.8 Å². The van der Waals surface area contributed by atoms with E-state index in [1.165, 1.54) is 9.75 Å². The molecule has 1 aromatic rings. The zero-order valence-electron chi connectivity index (χ0n) is 10.3. The Bertz CT molecular complexity index is 342. The first kappa shape index (κ1) is 13.0. The average molecular weight is 239 g/mol. The Balaban J connectivity index is 2.39. The van der Waals surface area contributed by atoms with Crippen molar-refractivity contribution in [3.63, 3.8) is 0 Å². The third-order valence-corrected chi connectivity index (χ3v) is 3.38. The highest BCUT2D eigenvalue weighted by Gasteiger charge is 1.98. The van der Waals surface area contributed by atoms with Crippen molar-refractivity contribution in [2.24, 2.45) is 16.6 Å². The Hall–Kier alpha value is -1.03. The van der Waals surface area contributed by atoms with Crippen LogP contribution < -0.4 is 11.1 Å². The number of nitrogens with two attached hydrogens (primary N) is 1. The largest absolute Gasteiger partial charge is 0.370 e. The van der Waals surface area contributed by atoms with Gasteiger partial charge in [-0.25, -0.2) is 4.99 Å². The summed E-state index contributed by atoms with van der Waals surface area (Å²) in [6.07, 6.45) is 1.09. The van der Waals surface area contributed by atoms with Gasteiger partial charge in [0.2, 0.25) is 0 Å². The lowest BCUT2D eigenvalue weighted by atomic mass is 10.2. The van der Waals surface area contributed by atoms with Gasteiger partial charge in [-0.05, 0) is 24.5 Å². The van der Waals surface area contributed by atoms with Crippen LogP contribution in [-0.4, -0.2) is 12.5 Å². The minimum Gasteiger partial charge on any atom is -0.370 e. The summed E-state index contributed by atoms with van der Waals surface area (Å²) < 4.78 is 0. The number of rotatable bonds is 5. The van der Waals surface area contributed by atoms with Crippen LogP contribution in [0.3, 0.4) is 0 Å². The van der Waals surface area contributed by atoms with E-state index >= 15 is 0 Å². The molecule has 0 saturated carbocycles. The highest BCUT2D eigenvalue weighted by molar-refractivity contribution is 7.11. The van der Waals surface area contributed by atoms with Gasteiger partial charge in [-0.3, -0.25) is 0 Å². The molecule has 0 bridgehead atoms. The van der Waals surface area contributed by atoms with Crippen LogP contribution in [0.25, 0.3) is 0 Å². The Morgan fingerprint density at radius 2 is 2.12 bits per heavy atom. The second-order valence-corrected chi connectivity index (χ2v) is 5.45. The van der Waals surface area contributed by atoms with Gasteiger partial charge < -0.3 is 11.1 Å². The second kappa shape index (κ2) is 6.53. The van der Waals surface area contributed by atoms with Crippen LogP contribution in [-0.2, 0) is 13.0 Å². The van der Waals surface area contributed by atoms with Crippen LogP contribution in [0.5, 0.6) is 0 Å². The van der Waals surface area contributed by atoms with Crippen molar-refractivity contribution in [2.45, 2.75) is 33.7 Å². The van der Waals surface area contributed by atoms with E-state index in [-0.39, 0.29) is 0 Å². The molecule has 0 unspecified atom stereocenters. The molecule has 0 aliphatic carbocycles. The Kier molecular flexibility index (Phi) is 5.32. The van der Waals surface area contributed by atoms with Crippen molar-refractivity contribution in [1.82, 2.24) is 5.32 Å². The molecule has 0 saturated heterocycles. The molecule has 3 nitrogen and oxygen atoms in total. The van der Waals surface area contributed by atoms with Crippen molar-refractivity contribution in [2.75, 3.05) is 6.54 Å². The lowest BCUT2D eigenvalue weighted by Gasteiger charge is -2.07. The standard InChI is InChI=1S/C12H21N3S/c1-4-10-5-6-11(16-10)8-15-12(13)14-7-9(2)3/h5-6,9H,4,7-8H2,1-3H3,(H3,13,14,15). The summed E-state index contributed by atoms with van der Waals surface area (Å²) in [5, 5.41) is 3.11. The van der Waals surface area contributed by atoms with E-state index in [9.17, 15) is 0 Å². The van der Waals surface area contributed by atoms with Crippen molar-refractivity contribution < 1.29 is 0 Å². The molecule has 0 fully saturated rings. The summed E-state index contributed by atoms with van der Waals surface area (Å²) in [4.78, 5) is 6.98. The van der Waals surface area contributed by atoms with Gasteiger partial charge in [-0.2, -0.15) is 0 Å². The van der Waals surface area contributed by atoms with E-state index in [1.54, 1.807) is 0 Å². The van der Waals surface area contributed by atoms with E-state index < -0.39 is 0 Å². The number of nitrogens with zero attached hydrogens (tertiary/aromatic N) is 1. The van der Waals surface area contributed by atoms with Crippen molar-refractivity contribution in [3.8, 4) is 0 Å². The Morgan fingerprint density at radius 1 is 1.44 bits per heavy atom. The molecule has 3 N–H and O–H groups in total. The Morgan fingerprint density at radius 3 is 2.69 bits per heavy atom. The molecule has 0 spiro atoms. The van der Waals surface area contributed by atoms with Crippen LogP contribution in [0, 0.1) is 5.92 Å². The zero-order chi connectivity index (χ0) is 12.0. The first-order valence-electron chi connectivity index (χ1n) is 5.73. The van der Waals surface area contributed by atoms with Gasteiger partial charge in [0.15, 0.2) is 5.96 Å². The van der Waals surface area contributed by atoms with Crippen molar-refractivity contribution in [1.29, 1.82) is 0 Å². The molecular formula is C12H21N3S. The van der Waals surface area contributed by atoms with Crippen molar-refractivity contribution >= 4 is 17.3 Å². The lowest BCUT2D eigenvalue weighted by Crippen LogP contribution is -2.34. The number of hydrogen-bond acceptors (Lipinski definition) is 2. The Labute approximate surface area is 102 Å². The fourth-order valence-electron chi connectivity index (χ4n) is 1.23. The first-order chi connectivity index (χ1) is 7.61. The summed E-state index contributed by atoms with van der Waals surface area (Å²) in [6, 6.07) is 4.29. The smallest absolute Gasteiger partial charge is 0.188 e. The maximum atomic E-state index is 5.75. The normalized spacial score (nSPS) is 12.1. The molecule has 0 radical (unpaired) electrons. The fraction of sp³-hybridized carbons (Fsp3) is 0.583. The van der Waals surface area contributed by atoms with Crippen molar-refractivity contribution in [3.05, 3.63) is 21.9 Å². The molecule has 0 amide bonds. The van der Waals surface area contributed by atoms with E-state index in [1.807, 2.05) is 11.3 Å². The van der Waals surface area contributed by atoms with Crippen LogP contribution in [0.15, 0.2) is 17.1 Å². The number of nitrogens with one attached hydrogen (secondary N) is 1. The average Bonchev–Trinajstić information content (AvgIpc) is 2.71. The van der Waals surface area contributed by atoms with Gasteiger partial charge in [0, 0.05) is 16.3 Å². The van der Waals surface area contributed by atoms with E-state index in [0.717, 1.165) is 13.0 Å². The third kappa shape index (κ3) is 4.66. The monoisotopic (exact) mass is 239 g/mol. The number of aliphatic imine (C=N–C) groups is 1. The summed E-state index contributed by atoms with van der Waals surface area (Å²) >= 11 is 1.81. The zero-order valence-corrected chi connectivity index (χ0v) is 11.1. The predicted octanol–water partition coefficient (Wildman–Crippen LogP) is 2.37. The highest BCUT2D eigenvalue weighted by Crippen LogP contribution is 2.17. The molecular weight excluding hydrogens is 218 g/mol. The molecule has 1 heterocycles. The molecule has 16 heavy (non-hydrogen) atoms. The first-order valence-corrected chi connectivity index (χ1v) is 6.54. The van der Waals surface area contributed by atoms with E-state index in [0.29, 0.717) is 18.4 Å². The second-order valence-electron chi connectivity index (χ2n) is 4.20. The van der Waals surface area contributed by atoms with Crippen LogP contribution >= 0.6 is 11.3 Å². The van der Waals surface area contributed by atoms with E-state index in [2.05, 4.69) is 43.2 Å². The molecule has 90 valence electrons. The number of guanidine groups is 1. The van der Waals surface area contributed by atoms with Gasteiger partial charge in [0.05, 0.1) is 6.54 Å². The van der Waals surface area contributed by atoms with Crippen LogP contribution in [0.2, 0.25) is 0 Å². The summed E-state index contributed by atoms with van der Waals surface area (Å²) in [5.74, 6) is 1.13. The topological polar surface area (TPSA) is 50.4 Å². The summed E-state index contributed by atoms with van der Waals surface area (Å²) in [6.45, 7) is 8.01. The van der Waals surface area contributed by atoms with Gasteiger partial charge in [0.1, 0.15) is 0 Å². The molecule has 1 aromatic heterocycles. The van der Waals surface area contributed by atoms with E-state index in [4.69, 9.17) is 5.73 Å². The van der Waals surface area contributed by atoms with Gasteiger partial charge >= 0.3 is 0 Å². The molecule has 4 heteroatoms. The predicted molar refractivity (Wildman–Crippen MR) is 71.9 cm³/mol. The fourth-order valence-corrected chi connectivity index (χ4v) is 2.11. The molecule has 1 rings (SSSR count). The van der Waals surface area contributed by atoms with Gasteiger partial charge in [0.25, 0.3) is 0 Å².